The zero-order valence-electron chi connectivity index (χ0n) is 18.5. The number of rotatable bonds is 7. The van der Waals surface area contributed by atoms with Gasteiger partial charge in [-0.15, -0.1) is 0 Å². The van der Waals surface area contributed by atoms with Crippen LogP contribution in [-0.4, -0.2) is 25.7 Å². The zero-order valence-corrected chi connectivity index (χ0v) is 20.5. The third-order valence-electron chi connectivity index (χ3n) is 6.01. The third-order valence-corrected chi connectivity index (χ3v) is 6.01. The largest absolute Gasteiger partial charge is 1.00 e. The van der Waals surface area contributed by atoms with Gasteiger partial charge in [0.15, 0.2) is 17.3 Å². The second-order valence-corrected chi connectivity index (χ2v) is 7.97. The van der Waals surface area contributed by atoms with Crippen molar-refractivity contribution in [3.63, 3.8) is 0 Å². The standard InChI is InChI=1S/C25H26O6.Na/c1-29-19-10-7-17(8-11-19)24(26)20(13-16-5-3-2-4-6-16)23(25(27)28)18-9-12-21-22(14-18)31-15-30-21;/h7-12,14,16H,2-6,13,15H2,1H3,(H,27,28);/q;+1/p-1/b23-20+;. The summed E-state index contributed by atoms with van der Waals surface area (Å²) in [7, 11) is 1.55. The molecule has 0 radical (unpaired) electrons. The van der Waals surface area contributed by atoms with E-state index in [-0.39, 0.29) is 59.2 Å². The average molecular weight is 444 g/mol. The Hall–Kier alpha value is -2.28. The van der Waals surface area contributed by atoms with Crippen molar-refractivity contribution in [2.75, 3.05) is 13.9 Å². The molecule has 7 heteroatoms. The van der Waals surface area contributed by atoms with Crippen molar-refractivity contribution >= 4 is 17.3 Å². The molecule has 0 unspecified atom stereocenters. The number of Topliss-reactive ketones (excluding diaryl/α,β-unsaturated/α-hetero) is 1. The second kappa shape index (κ2) is 11.0. The molecule has 1 fully saturated rings. The van der Waals surface area contributed by atoms with Crippen LogP contribution >= 0.6 is 0 Å². The van der Waals surface area contributed by atoms with Crippen molar-refractivity contribution in [2.24, 2.45) is 5.92 Å². The van der Waals surface area contributed by atoms with Gasteiger partial charge < -0.3 is 24.1 Å². The molecule has 1 aliphatic heterocycles. The summed E-state index contributed by atoms with van der Waals surface area (Å²) in [6.07, 6.45) is 5.75. The van der Waals surface area contributed by atoms with Gasteiger partial charge in [0, 0.05) is 16.7 Å². The number of carbonyl (C=O) groups excluding carboxylic acids is 2. The number of ketones is 1. The number of ether oxygens (including phenoxy) is 3. The van der Waals surface area contributed by atoms with E-state index in [4.69, 9.17) is 14.2 Å². The van der Waals surface area contributed by atoms with Gasteiger partial charge in [0.05, 0.1) is 13.1 Å². The Balaban J connectivity index is 0.00000289. The Kier molecular flexibility index (Phi) is 8.40. The molecule has 0 spiro atoms. The van der Waals surface area contributed by atoms with E-state index in [1.165, 1.54) is 6.42 Å². The molecule has 6 nitrogen and oxygen atoms in total. The molecule has 0 N–H and O–H groups in total. The fourth-order valence-corrected chi connectivity index (χ4v) is 4.37. The monoisotopic (exact) mass is 444 g/mol. The normalized spacial score (nSPS) is 16.0. The molecule has 32 heavy (non-hydrogen) atoms. The number of benzene rings is 2. The molecule has 2 aromatic rings. The summed E-state index contributed by atoms with van der Waals surface area (Å²) >= 11 is 0. The van der Waals surface area contributed by atoms with Crippen LogP contribution < -0.4 is 48.9 Å². The number of hydrogen-bond acceptors (Lipinski definition) is 6. The first-order valence-electron chi connectivity index (χ1n) is 10.6. The van der Waals surface area contributed by atoms with Crippen LogP contribution in [0.2, 0.25) is 0 Å². The number of hydrogen-bond donors (Lipinski definition) is 0. The quantitative estimate of drug-likeness (QED) is 0.357. The van der Waals surface area contributed by atoms with Gasteiger partial charge in [0.2, 0.25) is 6.79 Å². The van der Waals surface area contributed by atoms with Crippen molar-refractivity contribution in [3.05, 3.63) is 59.2 Å². The van der Waals surface area contributed by atoms with Crippen LogP contribution in [0.25, 0.3) is 5.57 Å². The first-order chi connectivity index (χ1) is 15.1. The van der Waals surface area contributed by atoms with E-state index in [2.05, 4.69) is 0 Å². The van der Waals surface area contributed by atoms with Gasteiger partial charge in [-0.2, -0.15) is 0 Å². The number of carbonyl (C=O) groups is 2. The van der Waals surface area contributed by atoms with Crippen molar-refractivity contribution in [3.8, 4) is 17.2 Å². The van der Waals surface area contributed by atoms with Crippen molar-refractivity contribution in [1.29, 1.82) is 0 Å². The molecule has 1 saturated carbocycles. The van der Waals surface area contributed by atoms with Crippen LogP contribution in [0.15, 0.2) is 48.0 Å². The van der Waals surface area contributed by atoms with Crippen LogP contribution in [0.3, 0.4) is 0 Å². The smallest absolute Gasteiger partial charge is 0.545 e. The number of allylic oxidation sites excluding steroid dienone is 1. The molecular weight excluding hydrogens is 419 g/mol. The van der Waals surface area contributed by atoms with E-state index in [1.54, 1.807) is 49.6 Å². The molecular formula is C25H25NaO6. The van der Waals surface area contributed by atoms with E-state index in [9.17, 15) is 14.7 Å². The molecule has 0 saturated heterocycles. The molecule has 162 valence electrons. The minimum Gasteiger partial charge on any atom is -0.545 e. The number of carboxylic acids is 1. The molecule has 0 bridgehead atoms. The fourth-order valence-electron chi connectivity index (χ4n) is 4.37. The number of methoxy groups -OCH3 is 1. The summed E-state index contributed by atoms with van der Waals surface area (Å²) in [5.41, 5.74) is 1.00. The third kappa shape index (κ3) is 5.37. The maximum atomic E-state index is 13.5. The maximum Gasteiger partial charge on any atom is 1.00 e. The predicted octanol–water partition coefficient (Wildman–Crippen LogP) is 0.785. The van der Waals surface area contributed by atoms with Gasteiger partial charge in [0.25, 0.3) is 0 Å². The number of fused-ring (bicyclic) bond motifs is 1. The van der Waals surface area contributed by atoms with Crippen LogP contribution in [0.1, 0.15) is 54.4 Å². The molecule has 2 aromatic carbocycles. The first-order valence-corrected chi connectivity index (χ1v) is 10.6. The first kappa shape index (κ1) is 24.4. The van der Waals surface area contributed by atoms with Crippen LogP contribution in [0, 0.1) is 5.92 Å². The summed E-state index contributed by atoms with van der Waals surface area (Å²) in [6, 6.07) is 11.6. The Morgan fingerprint density at radius 2 is 1.62 bits per heavy atom. The Labute approximate surface area is 209 Å². The second-order valence-electron chi connectivity index (χ2n) is 7.97. The molecule has 1 heterocycles. The van der Waals surface area contributed by atoms with Gasteiger partial charge in [-0.3, -0.25) is 4.79 Å². The Morgan fingerprint density at radius 3 is 2.28 bits per heavy atom. The van der Waals surface area contributed by atoms with Crippen molar-refractivity contribution < 1.29 is 58.5 Å². The predicted molar refractivity (Wildman–Crippen MR) is 113 cm³/mol. The zero-order chi connectivity index (χ0) is 21.8. The molecule has 4 rings (SSSR count). The molecule has 2 aliphatic rings. The molecule has 0 aromatic heterocycles. The SMILES string of the molecule is COc1ccc(C(=O)/C(CC2CCCCC2)=C(/C(=O)[O-])c2ccc3c(c2)OCO3)cc1.[Na+]. The minimum absolute atomic E-state index is 0. The Morgan fingerprint density at radius 1 is 0.969 bits per heavy atom. The van der Waals surface area contributed by atoms with Gasteiger partial charge in [0.1, 0.15) is 5.75 Å². The summed E-state index contributed by atoms with van der Waals surface area (Å²) in [6.45, 7) is 0.0862. The molecule has 0 amide bonds. The summed E-state index contributed by atoms with van der Waals surface area (Å²) in [5, 5.41) is 12.3. The molecule has 0 atom stereocenters. The minimum atomic E-state index is -1.37. The van der Waals surface area contributed by atoms with Crippen LogP contribution in [-0.2, 0) is 4.79 Å². The van der Waals surface area contributed by atoms with E-state index >= 15 is 0 Å². The van der Waals surface area contributed by atoms with E-state index in [0.29, 0.717) is 34.8 Å². The van der Waals surface area contributed by atoms with Gasteiger partial charge >= 0.3 is 29.6 Å². The van der Waals surface area contributed by atoms with Crippen molar-refractivity contribution in [1.82, 2.24) is 0 Å². The summed E-state index contributed by atoms with van der Waals surface area (Å²) in [4.78, 5) is 25.8. The Bertz CT molecular complexity index is 1010. The molecule has 1 aliphatic carbocycles. The fraction of sp³-hybridized carbons (Fsp3) is 0.360. The average Bonchev–Trinajstić information content (AvgIpc) is 3.27. The van der Waals surface area contributed by atoms with Crippen LogP contribution in [0.4, 0.5) is 0 Å². The van der Waals surface area contributed by atoms with Crippen LogP contribution in [0.5, 0.6) is 17.2 Å². The van der Waals surface area contributed by atoms with Gasteiger partial charge in [-0.05, 0) is 54.3 Å². The summed E-state index contributed by atoms with van der Waals surface area (Å²) < 4.78 is 15.9. The summed E-state index contributed by atoms with van der Waals surface area (Å²) in [5.74, 6) is 0.248. The van der Waals surface area contributed by atoms with Gasteiger partial charge in [-0.25, -0.2) is 0 Å². The topological polar surface area (TPSA) is 84.9 Å². The van der Waals surface area contributed by atoms with E-state index in [0.717, 1.165) is 25.7 Å². The van der Waals surface area contributed by atoms with Gasteiger partial charge in [-0.1, -0.05) is 38.2 Å². The van der Waals surface area contributed by atoms with E-state index < -0.39 is 5.97 Å². The van der Waals surface area contributed by atoms with E-state index in [1.807, 2.05) is 0 Å². The number of aliphatic carboxylic acids is 1. The van der Waals surface area contributed by atoms with Crippen molar-refractivity contribution in [2.45, 2.75) is 38.5 Å². The number of carboxylic acid groups (broad SMARTS) is 1. The maximum absolute atomic E-state index is 13.5.